The Hall–Kier alpha value is -2.25. The van der Waals surface area contributed by atoms with Crippen LogP contribution in [-0.4, -0.2) is 21.3 Å². The highest BCUT2D eigenvalue weighted by molar-refractivity contribution is 5.73. The Labute approximate surface area is 104 Å². The summed E-state index contributed by atoms with van der Waals surface area (Å²) in [7, 11) is 0. The minimum atomic E-state index is -4.74. The maximum absolute atomic E-state index is 12.8. The maximum atomic E-state index is 12.8. The Morgan fingerprint density at radius 3 is 2.37 bits per heavy atom. The summed E-state index contributed by atoms with van der Waals surface area (Å²) in [5, 5.41) is 6.46. The van der Waals surface area contributed by atoms with Gasteiger partial charge in [-0.2, -0.15) is 13.2 Å². The molecule has 0 bridgehead atoms. The van der Waals surface area contributed by atoms with Gasteiger partial charge in [0.15, 0.2) is 17.7 Å². The fourth-order valence-corrected chi connectivity index (χ4v) is 1.57. The topological polar surface area (TPSA) is 47.8 Å². The number of carbonyl (C=O) groups excluding carboxylic acids is 1. The Kier molecular flexibility index (Phi) is 3.32. The molecule has 0 unspecified atom stereocenters. The summed E-state index contributed by atoms with van der Waals surface area (Å²) < 4.78 is 51.6. The van der Waals surface area contributed by atoms with Gasteiger partial charge >= 0.3 is 6.18 Å². The molecule has 0 N–H and O–H groups in total. The summed E-state index contributed by atoms with van der Waals surface area (Å²) in [6, 6.07) is 4.91. The molecular formula is C11H7F4N3O. The molecule has 1 aromatic heterocycles. The zero-order valence-corrected chi connectivity index (χ0v) is 9.36. The number of rotatable bonds is 3. The normalized spacial score (nSPS) is 11.6. The fourth-order valence-electron chi connectivity index (χ4n) is 1.57. The summed E-state index contributed by atoms with van der Waals surface area (Å²) in [4.78, 5) is 10.5. The van der Waals surface area contributed by atoms with Gasteiger partial charge in [-0.1, -0.05) is 17.3 Å². The molecule has 0 saturated carbocycles. The van der Waals surface area contributed by atoms with Crippen molar-refractivity contribution in [2.75, 3.05) is 0 Å². The first-order valence-electron chi connectivity index (χ1n) is 5.12. The highest BCUT2D eigenvalue weighted by Crippen LogP contribution is 2.30. The van der Waals surface area contributed by atoms with E-state index in [2.05, 4.69) is 10.3 Å². The van der Waals surface area contributed by atoms with E-state index in [0.717, 1.165) is 12.1 Å². The molecule has 0 atom stereocenters. The van der Waals surface area contributed by atoms with Gasteiger partial charge in [-0.25, -0.2) is 9.07 Å². The van der Waals surface area contributed by atoms with Gasteiger partial charge in [0.25, 0.3) is 0 Å². The van der Waals surface area contributed by atoms with E-state index in [4.69, 9.17) is 0 Å². The Balaban J connectivity index is 2.38. The Bertz CT molecular complexity index is 589. The van der Waals surface area contributed by atoms with Gasteiger partial charge in [-0.05, 0) is 17.7 Å². The lowest BCUT2D eigenvalue weighted by Gasteiger charge is -2.09. The van der Waals surface area contributed by atoms with Crippen molar-refractivity contribution in [3.05, 3.63) is 47.0 Å². The van der Waals surface area contributed by atoms with Crippen LogP contribution in [0.25, 0.3) is 0 Å². The molecule has 1 heterocycles. The van der Waals surface area contributed by atoms with Crippen molar-refractivity contribution in [3.63, 3.8) is 0 Å². The van der Waals surface area contributed by atoms with Gasteiger partial charge in [-0.3, -0.25) is 4.79 Å². The van der Waals surface area contributed by atoms with Gasteiger partial charge in [0.2, 0.25) is 0 Å². The van der Waals surface area contributed by atoms with Crippen LogP contribution in [0.5, 0.6) is 0 Å². The van der Waals surface area contributed by atoms with Gasteiger partial charge in [0.05, 0.1) is 6.54 Å². The van der Waals surface area contributed by atoms with Crippen LogP contribution in [0.2, 0.25) is 0 Å². The summed E-state index contributed by atoms with van der Waals surface area (Å²) >= 11 is 0. The van der Waals surface area contributed by atoms with E-state index in [0.29, 0.717) is 10.2 Å². The fraction of sp³-hybridized carbons (Fsp3) is 0.182. The van der Waals surface area contributed by atoms with Crippen molar-refractivity contribution in [2.45, 2.75) is 12.7 Å². The standard InChI is InChI=1S/C11H7F4N3O/c12-8-3-1-7(2-4-8)5-18-10(11(13,14)15)9(6-19)16-17-18/h1-4,6H,5H2. The monoisotopic (exact) mass is 273 g/mol. The molecule has 19 heavy (non-hydrogen) atoms. The van der Waals surface area contributed by atoms with Crippen LogP contribution in [0.3, 0.4) is 0 Å². The molecule has 0 amide bonds. The molecule has 0 saturated heterocycles. The van der Waals surface area contributed by atoms with E-state index in [1.165, 1.54) is 12.1 Å². The molecule has 0 aliphatic heterocycles. The molecule has 2 rings (SSSR count). The van der Waals surface area contributed by atoms with E-state index in [9.17, 15) is 22.4 Å². The van der Waals surface area contributed by atoms with Crippen molar-refractivity contribution in [3.8, 4) is 0 Å². The summed E-state index contributed by atoms with van der Waals surface area (Å²) in [5.74, 6) is -0.494. The second-order valence-electron chi connectivity index (χ2n) is 3.72. The highest BCUT2D eigenvalue weighted by atomic mass is 19.4. The summed E-state index contributed by atoms with van der Waals surface area (Å²) in [5.41, 5.74) is -1.57. The minimum absolute atomic E-state index is 0.00299. The average molecular weight is 273 g/mol. The minimum Gasteiger partial charge on any atom is -0.296 e. The molecule has 100 valence electrons. The van der Waals surface area contributed by atoms with Crippen molar-refractivity contribution in [1.29, 1.82) is 0 Å². The number of carbonyl (C=O) groups is 1. The third kappa shape index (κ3) is 2.78. The van der Waals surface area contributed by atoms with E-state index in [-0.39, 0.29) is 12.8 Å². The van der Waals surface area contributed by atoms with Crippen LogP contribution < -0.4 is 0 Å². The first-order chi connectivity index (χ1) is 8.91. The van der Waals surface area contributed by atoms with Crippen molar-refractivity contribution < 1.29 is 22.4 Å². The number of aldehydes is 1. The van der Waals surface area contributed by atoms with Crippen LogP contribution in [-0.2, 0) is 12.7 Å². The molecule has 0 fully saturated rings. The molecule has 0 spiro atoms. The van der Waals surface area contributed by atoms with Crippen LogP contribution in [0.4, 0.5) is 17.6 Å². The second kappa shape index (κ2) is 4.79. The molecule has 0 aliphatic carbocycles. The molecule has 0 radical (unpaired) electrons. The lowest BCUT2D eigenvalue weighted by Crippen LogP contribution is -2.17. The first-order valence-corrected chi connectivity index (χ1v) is 5.12. The number of hydrogen-bond donors (Lipinski definition) is 0. The number of benzene rings is 1. The molecule has 0 aliphatic rings. The second-order valence-corrected chi connectivity index (χ2v) is 3.72. The largest absolute Gasteiger partial charge is 0.435 e. The van der Waals surface area contributed by atoms with Crippen LogP contribution in [0, 0.1) is 5.82 Å². The number of hydrogen-bond acceptors (Lipinski definition) is 3. The summed E-state index contributed by atoms with van der Waals surface area (Å²) in [6.45, 7) is -0.254. The van der Waals surface area contributed by atoms with Crippen LogP contribution in [0.1, 0.15) is 21.7 Å². The van der Waals surface area contributed by atoms with E-state index >= 15 is 0 Å². The van der Waals surface area contributed by atoms with Crippen LogP contribution in [0.15, 0.2) is 24.3 Å². The Morgan fingerprint density at radius 1 is 1.21 bits per heavy atom. The van der Waals surface area contributed by atoms with E-state index in [1.807, 2.05) is 0 Å². The number of alkyl halides is 3. The lowest BCUT2D eigenvalue weighted by atomic mass is 10.2. The lowest BCUT2D eigenvalue weighted by molar-refractivity contribution is -0.144. The number of aromatic nitrogens is 3. The number of halogens is 4. The molecule has 4 nitrogen and oxygen atoms in total. The first kappa shape index (κ1) is 13.2. The number of nitrogens with zero attached hydrogens (tertiary/aromatic N) is 3. The van der Waals surface area contributed by atoms with Crippen molar-refractivity contribution in [2.24, 2.45) is 0 Å². The molecule has 2 aromatic rings. The molecule has 8 heteroatoms. The van der Waals surface area contributed by atoms with Crippen LogP contribution >= 0.6 is 0 Å². The van der Waals surface area contributed by atoms with Gasteiger partial charge in [-0.15, -0.1) is 5.10 Å². The maximum Gasteiger partial charge on any atom is 0.435 e. The highest BCUT2D eigenvalue weighted by Gasteiger charge is 2.39. The summed E-state index contributed by atoms with van der Waals surface area (Å²) in [6.07, 6.45) is -4.74. The van der Waals surface area contributed by atoms with Gasteiger partial charge in [0, 0.05) is 0 Å². The zero-order chi connectivity index (χ0) is 14.0. The SMILES string of the molecule is O=Cc1nnn(Cc2ccc(F)cc2)c1C(F)(F)F. The van der Waals surface area contributed by atoms with E-state index in [1.54, 1.807) is 0 Å². The van der Waals surface area contributed by atoms with Crippen molar-refractivity contribution >= 4 is 6.29 Å². The smallest absolute Gasteiger partial charge is 0.296 e. The van der Waals surface area contributed by atoms with E-state index < -0.39 is 23.4 Å². The predicted molar refractivity (Wildman–Crippen MR) is 55.9 cm³/mol. The molecular weight excluding hydrogens is 266 g/mol. The Morgan fingerprint density at radius 2 is 1.84 bits per heavy atom. The third-order valence-electron chi connectivity index (χ3n) is 2.39. The predicted octanol–water partition coefficient (Wildman–Crippen LogP) is 2.30. The zero-order valence-electron chi connectivity index (χ0n) is 9.36. The average Bonchev–Trinajstić information content (AvgIpc) is 2.75. The quantitative estimate of drug-likeness (QED) is 0.636. The van der Waals surface area contributed by atoms with Gasteiger partial charge in [0.1, 0.15) is 5.82 Å². The van der Waals surface area contributed by atoms with Crippen molar-refractivity contribution in [1.82, 2.24) is 15.0 Å². The van der Waals surface area contributed by atoms with Gasteiger partial charge < -0.3 is 0 Å². The molecule has 1 aromatic carbocycles. The third-order valence-corrected chi connectivity index (χ3v) is 2.39.